The normalized spacial score (nSPS) is 12.5. The van der Waals surface area contributed by atoms with E-state index in [-0.39, 0.29) is 24.4 Å². The molecule has 0 unspecified atom stereocenters. The summed E-state index contributed by atoms with van der Waals surface area (Å²) in [6, 6.07) is 10.9. The van der Waals surface area contributed by atoms with E-state index in [1.807, 2.05) is 39.8 Å². The molecule has 1 atom stereocenters. The molecular formula is C25H33Cl2N3O4S. The number of hydrogen-bond acceptors (Lipinski definition) is 4. The summed E-state index contributed by atoms with van der Waals surface area (Å²) in [5.74, 6) is -0.622. The summed E-state index contributed by atoms with van der Waals surface area (Å²) in [6.07, 6.45) is 1.05. The van der Waals surface area contributed by atoms with Crippen molar-refractivity contribution in [3.05, 3.63) is 63.6 Å². The maximum absolute atomic E-state index is 13.5. The van der Waals surface area contributed by atoms with Crippen LogP contribution in [0.25, 0.3) is 0 Å². The summed E-state index contributed by atoms with van der Waals surface area (Å²) in [7, 11) is -3.79. The Bertz CT molecular complexity index is 1150. The lowest BCUT2D eigenvalue weighted by molar-refractivity contribution is -0.139. The predicted octanol–water partition coefficient (Wildman–Crippen LogP) is 4.82. The summed E-state index contributed by atoms with van der Waals surface area (Å²) < 4.78 is 26.3. The smallest absolute Gasteiger partial charge is 0.244 e. The van der Waals surface area contributed by atoms with Crippen molar-refractivity contribution in [2.75, 3.05) is 17.1 Å². The van der Waals surface area contributed by atoms with E-state index in [1.165, 1.54) is 4.90 Å². The zero-order valence-corrected chi connectivity index (χ0v) is 23.2. The van der Waals surface area contributed by atoms with E-state index in [1.54, 1.807) is 37.3 Å². The van der Waals surface area contributed by atoms with Crippen molar-refractivity contribution < 1.29 is 18.0 Å². The van der Waals surface area contributed by atoms with E-state index >= 15 is 0 Å². The number of benzene rings is 2. The third kappa shape index (κ3) is 8.12. The Morgan fingerprint density at radius 2 is 1.57 bits per heavy atom. The maximum atomic E-state index is 13.5. The number of carbonyl (C=O) groups excluding carboxylic acids is 2. The van der Waals surface area contributed by atoms with Crippen LogP contribution in [0.3, 0.4) is 0 Å². The van der Waals surface area contributed by atoms with Crippen molar-refractivity contribution in [3.8, 4) is 0 Å². The molecule has 7 nitrogen and oxygen atoms in total. The van der Waals surface area contributed by atoms with Crippen LogP contribution in [0, 0.1) is 0 Å². The van der Waals surface area contributed by atoms with Crippen molar-refractivity contribution in [2.24, 2.45) is 0 Å². The van der Waals surface area contributed by atoms with Crippen LogP contribution in [0.1, 0.15) is 51.7 Å². The molecule has 0 heterocycles. The third-order valence-electron chi connectivity index (χ3n) is 5.48. The molecule has 0 spiro atoms. The van der Waals surface area contributed by atoms with Gasteiger partial charge in [-0.05, 0) is 62.1 Å². The highest BCUT2D eigenvalue weighted by Gasteiger charge is 2.30. The Hall–Kier alpha value is -2.29. The van der Waals surface area contributed by atoms with Gasteiger partial charge in [0.25, 0.3) is 0 Å². The Labute approximate surface area is 218 Å². The molecule has 0 radical (unpaired) electrons. The molecule has 0 saturated carbocycles. The van der Waals surface area contributed by atoms with Crippen LogP contribution < -0.4 is 9.62 Å². The van der Waals surface area contributed by atoms with Gasteiger partial charge in [0, 0.05) is 22.6 Å². The molecule has 0 fully saturated rings. The van der Waals surface area contributed by atoms with Crippen molar-refractivity contribution in [3.63, 3.8) is 0 Å². The van der Waals surface area contributed by atoms with Crippen molar-refractivity contribution in [1.29, 1.82) is 0 Å². The van der Waals surface area contributed by atoms with Gasteiger partial charge in [-0.25, -0.2) is 8.42 Å². The first-order chi connectivity index (χ1) is 16.2. The Morgan fingerprint density at radius 3 is 2.06 bits per heavy atom. The van der Waals surface area contributed by atoms with Crippen LogP contribution in [0.5, 0.6) is 0 Å². The highest BCUT2D eigenvalue weighted by atomic mass is 35.5. The third-order valence-corrected chi connectivity index (χ3v) is 7.21. The van der Waals surface area contributed by atoms with Crippen molar-refractivity contribution in [2.45, 2.75) is 59.2 Å². The molecule has 0 aliphatic heterocycles. The number of rotatable bonds is 10. The number of hydrogen-bond donors (Lipinski definition) is 1. The zero-order valence-electron chi connectivity index (χ0n) is 20.9. The Balaban J connectivity index is 2.42. The molecule has 0 saturated heterocycles. The number of halogens is 2. The van der Waals surface area contributed by atoms with E-state index in [4.69, 9.17) is 23.2 Å². The number of sulfonamides is 1. The second-order valence-electron chi connectivity index (χ2n) is 9.11. The van der Waals surface area contributed by atoms with Crippen LogP contribution in [0.15, 0.2) is 42.5 Å². The van der Waals surface area contributed by atoms with Gasteiger partial charge >= 0.3 is 0 Å². The number of amides is 2. The molecule has 0 aliphatic carbocycles. The minimum atomic E-state index is -3.79. The summed E-state index contributed by atoms with van der Waals surface area (Å²) >= 11 is 12.3. The van der Waals surface area contributed by atoms with Crippen LogP contribution in [-0.2, 0) is 26.2 Å². The second kappa shape index (κ2) is 12.1. The summed E-state index contributed by atoms with van der Waals surface area (Å²) in [4.78, 5) is 27.7. The molecule has 0 aromatic heterocycles. The fourth-order valence-electron chi connectivity index (χ4n) is 3.46. The number of nitrogens with zero attached hydrogens (tertiary/aromatic N) is 2. The van der Waals surface area contributed by atoms with Gasteiger partial charge in [-0.2, -0.15) is 0 Å². The van der Waals surface area contributed by atoms with Crippen LogP contribution in [0.4, 0.5) is 5.69 Å². The van der Waals surface area contributed by atoms with Gasteiger partial charge in [0.15, 0.2) is 0 Å². The predicted molar refractivity (Wildman–Crippen MR) is 142 cm³/mol. The molecule has 1 N–H and O–H groups in total. The first-order valence-electron chi connectivity index (χ1n) is 11.3. The van der Waals surface area contributed by atoms with Gasteiger partial charge in [-0.3, -0.25) is 13.9 Å². The highest BCUT2D eigenvalue weighted by molar-refractivity contribution is 7.92. The SMILES string of the molecule is CC(C)NC(=O)[C@H](C)N(Cc1ccc(Cl)cc1Cl)C(=O)CN(c1ccc(C(C)C)cc1)S(C)(=O)=O. The second-order valence-corrected chi connectivity index (χ2v) is 11.9. The monoisotopic (exact) mass is 541 g/mol. The summed E-state index contributed by atoms with van der Waals surface area (Å²) in [5, 5.41) is 3.58. The minimum absolute atomic E-state index is 0.00536. The first-order valence-corrected chi connectivity index (χ1v) is 13.9. The highest BCUT2D eigenvalue weighted by Crippen LogP contribution is 2.25. The topological polar surface area (TPSA) is 86.8 Å². The van der Waals surface area contributed by atoms with E-state index < -0.39 is 28.5 Å². The van der Waals surface area contributed by atoms with Crippen molar-refractivity contribution in [1.82, 2.24) is 10.2 Å². The van der Waals surface area contributed by atoms with Crippen LogP contribution in [-0.4, -0.2) is 50.0 Å². The summed E-state index contributed by atoms with van der Waals surface area (Å²) in [6.45, 7) is 8.85. The van der Waals surface area contributed by atoms with Crippen molar-refractivity contribution >= 4 is 50.7 Å². The molecule has 2 aromatic rings. The molecule has 0 aliphatic rings. The van der Waals surface area contributed by atoms with Crippen LogP contribution in [0.2, 0.25) is 10.0 Å². The van der Waals surface area contributed by atoms with Gasteiger partial charge in [0.2, 0.25) is 21.8 Å². The van der Waals surface area contributed by atoms with E-state index in [0.29, 0.717) is 21.3 Å². The van der Waals surface area contributed by atoms with Crippen LogP contribution >= 0.6 is 23.2 Å². The largest absolute Gasteiger partial charge is 0.352 e. The van der Waals surface area contributed by atoms with E-state index in [2.05, 4.69) is 5.32 Å². The lowest BCUT2D eigenvalue weighted by atomic mass is 10.0. The molecule has 2 rings (SSSR count). The number of nitrogens with one attached hydrogen (secondary N) is 1. The summed E-state index contributed by atoms with van der Waals surface area (Å²) in [5.41, 5.74) is 2.00. The average molecular weight is 543 g/mol. The lowest BCUT2D eigenvalue weighted by Gasteiger charge is -2.32. The van der Waals surface area contributed by atoms with E-state index in [0.717, 1.165) is 16.1 Å². The molecule has 10 heteroatoms. The number of carbonyl (C=O) groups is 2. The quantitative estimate of drug-likeness (QED) is 0.466. The minimum Gasteiger partial charge on any atom is -0.352 e. The standard InChI is InChI=1S/C25H33Cl2N3O4S/c1-16(2)19-8-11-22(12-9-19)30(35(6,33)34)15-24(31)29(18(5)25(32)28-17(3)4)14-20-7-10-21(26)13-23(20)27/h7-13,16-18H,14-15H2,1-6H3,(H,28,32)/t18-/m0/s1. The first kappa shape index (κ1) is 28.9. The van der Waals surface area contributed by atoms with Gasteiger partial charge in [0.1, 0.15) is 12.6 Å². The maximum Gasteiger partial charge on any atom is 0.244 e. The molecule has 2 aromatic carbocycles. The molecule has 192 valence electrons. The molecule has 0 bridgehead atoms. The van der Waals surface area contributed by atoms with Gasteiger partial charge in [-0.15, -0.1) is 0 Å². The molecule has 2 amide bonds. The fraction of sp³-hybridized carbons (Fsp3) is 0.440. The Kier molecular flexibility index (Phi) is 10.0. The van der Waals surface area contributed by atoms with Gasteiger partial charge < -0.3 is 10.2 Å². The van der Waals surface area contributed by atoms with E-state index in [9.17, 15) is 18.0 Å². The fourth-order valence-corrected chi connectivity index (χ4v) is 4.78. The zero-order chi connectivity index (χ0) is 26.5. The van der Waals surface area contributed by atoms with Gasteiger partial charge in [-0.1, -0.05) is 55.2 Å². The molecule has 35 heavy (non-hydrogen) atoms. The lowest BCUT2D eigenvalue weighted by Crippen LogP contribution is -2.52. The number of anilines is 1. The van der Waals surface area contributed by atoms with Gasteiger partial charge in [0.05, 0.1) is 11.9 Å². The Morgan fingerprint density at radius 1 is 0.971 bits per heavy atom. The molecular weight excluding hydrogens is 509 g/mol. The average Bonchev–Trinajstić information content (AvgIpc) is 2.75.